The fraction of sp³-hybridized carbons (Fsp3) is 0.294. The molecule has 24 heavy (non-hydrogen) atoms. The SMILES string of the molecule is [2H]n1c(S(=O)Cc2ncc(C)c(OC)c2C)nc2cc(OC)ccc21. The number of rotatable bonds is 5. The minimum absolute atomic E-state index is 0.168. The summed E-state index contributed by atoms with van der Waals surface area (Å²) in [4.78, 5) is 9.82. The van der Waals surface area contributed by atoms with E-state index in [0.717, 1.165) is 21.9 Å². The van der Waals surface area contributed by atoms with E-state index in [1.165, 1.54) is 0 Å². The molecule has 0 saturated carbocycles. The van der Waals surface area contributed by atoms with Gasteiger partial charge in [0.25, 0.3) is 0 Å². The van der Waals surface area contributed by atoms with Crippen LogP contribution in [-0.4, -0.2) is 33.4 Å². The lowest BCUT2D eigenvalue weighted by Gasteiger charge is -2.11. The summed E-state index contributed by atoms with van der Waals surface area (Å²) in [6.07, 6.45) is 1.70. The quantitative estimate of drug-likeness (QED) is 0.769. The van der Waals surface area contributed by atoms with E-state index in [4.69, 9.17) is 10.9 Å². The Kier molecular flexibility index (Phi) is 4.17. The van der Waals surface area contributed by atoms with E-state index < -0.39 is 10.8 Å². The number of H-pyrrole nitrogens is 1. The third-order valence-electron chi connectivity index (χ3n) is 3.84. The summed E-state index contributed by atoms with van der Waals surface area (Å²) >= 11 is 0. The predicted octanol–water partition coefficient (Wildman–Crippen LogP) is 2.90. The molecule has 1 aromatic carbocycles. The highest BCUT2D eigenvalue weighted by atomic mass is 32.2. The molecule has 0 fully saturated rings. The van der Waals surface area contributed by atoms with Gasteiger partial charge in [0.1, 0.15) is 11.5 Å². The zero-order valence-electron chi connectivity index (χ0n) is 15.0. The lowest BCUT2D eigenvalue weighted by molar-refractivity contribution is 0.407. The van der Waals surface area contributed by atoms with Gasteiger partial charge in [-0.25, -0.2) is 4.98 Å². The average molecular weight is 346 g/mol. The Morgan fingerprint density at radius 2 is 2.08 bits per heavy atom. The number of aryl methyl sites for hydroxylation is 1. The van der Waals surface area contributed by atoms with E-state index in [0.29, 0.717) is 22.5 Å². The van der Waals surface area contributed by atoms with Crippen LogP contribution in [0.5, 0.6) is 11.5 Å². The normalized spacial score (nSPS) is 12.9. The van der Waals surface area contributed by atoms with Crippen LogP contribution in [-0.2, 0) is 16.6 Å². The standard InChI is InChI=1S/C17H19N3O3S/c1-10-8-18-15(11(2)16(10)23-4)9-24(21)17-19-13-6-5-12(22-3)7-14(13)20-17/h5-8H,9H2,1-4H3,(H,19,20)/i/hD. The summed E-state index contributed by atoms with van der Waals surface area (Å²) in [6.45, 7) is 3.80. The van der Waals surface area contributed by atoms with Crippen molar-refractivity contribution in [2.75, 3.05) is 14.2 Å². The van der Waals surface area contributed by atoms with Crippen LogP contribution in [0.4, 0.5) is 0 Å². The first kappa shape index (κ1) is 15.1. The molecule has 0 aliphatic carbocycles. The van der Waals surface area contributed by atoms with Crippen LogP contribution in [0.2, 0.25) is 1.41 Å². The van der Waals surface area contributed by atoms with Crippen LogP contribution in [0, 0.1) is 13.8 Å². The Balaban J connectivity index is 1.97. The molecule has 1 N–H and O–H groups in total. The fourth-order valence-corrected chi connectivity index (χ4v) is 3.62. The number of ether oxygens (including phenoxy) is 2. The minimum atomic E-state index is -1.51. The summed E-state index contributed by atoms with van der Waals surface area (Å²) < 4.78 is 31.5. The average Bonchev–Trinajstić information content (AvgIpc) is 2.94. The van der Waals surface area contributed by atoms with Crippen LogP contribution >= 0.6 is 0 Å². The molecule has 2 heterocycles. The van der Waals surface area contributed by atoms with E-state index in [1.54, 1.807) is 38.6 Å². The topological polar surface area (TPSA) is 77.1 Å². The number of aromatic nitrogens is 3. The molecule has 6 nitrogen and oxygen atoms in total. The fourth-order valence-electron chi connectivity index (χ4n) is 2.55. The number of pyridine rings is 1. The maximum absolute atomic E-state index is 12.8. The molecule has 2 aromatic heterocycles. The van der Waals surface area contributed by atoms with Gasteiger partial charge in [-0.2, -0.15) is 0 Å². The third-order valence-corrected chi connectivity index (χ3v) is 4.96. The molecular weight excluding hydrogens is 326 g/mol. The van der Waals surface area contributed by atoms with Crippen molar-refractivity contribution in [1.29, 1.82) is 0 Å². The van der Waals surface area contributed by atoms with Gasteiger partial charge in [0.05, 0.1) is 47.5 Å². The van der Waals surface area contributed by atoms with Gasteiger partial charge >= 0.3 is 0 Å². The number of imidazole rings is 1. The number of nitrogens with zero attached hydrogens (tertiary/aromatic N) is 2. The van der Waals surface area contributed by atoms with Crippen molar-refractivity contribution in [1.82, 2.24) is 14.9 Å². The zero-order chi connectivity index (χ0) is 18.1. The van der Waals surface area contributed by atoms with E-state index in [9.17, 15) is 4.21 Å². The third kappa shape index (κ3) is 2.99. The van der Waals surface area contributed by atoms with Gasteiger partial charge in [-0.3, -0.25) is 9.19 Å². The number of nitrogens with one attached hydrogen (secondary N) is 1. The Hall–Kier alpha value is -2.41. The predicted molar refractivity (Wildman–Crippen MR) is 93.0 cm³/mol. The van der Waals surface area contributed by atoms with Crippen LogP contribution in [0.3, 0.4) is 0 Å². The number of benzene rings is 1. The summed E-state index contributed by atoms with van der Waals surface area (Å²) in [5, 5.41) is 0.184. The van der Waals surface area contributed by atoms with Crippen molar-refractivity contribution in [3.05, 3.63) is 41.2 Å². The second kappa shape index (κ2) is 6.60. The summed E-state index contributed by atoms with van der Waals surface area (Å²) in [7, 11) is 1.66. The van der Waals surface area contributed by atoms with Crippen molar-refractivity contribution in [2.24, 2.45) is 0 Å². The van der Waals surface area contributed by atoms with Crippen molar-refractivity contribution < 1.29 is 15.1 Å². The molecule has 0 aliphatic rings. The minimum Gasteiger partial charge on any atom is -0.497 e. The summed E-state index contributed by atoms with van der Waals surface area (Å²) in [5.74, 6) is 1.55. The van der Waals surface area contributed by atoms with Crippen LogP contribution < -0.4 is 9.47 Å². The second-order valence-electron chi connectivity index (χ2n) is 5.40. The summed E-state index contributed by atoms with van der Waals surface area (Å²) in [5.41, 5.74) is 3.60. The van der Waals surface area contributed by atoms with Gasteiger partial charge in [0.2, 0.25) is 0 Å². The van der Waals surface area contributed by atoms with E-state index in [1.807, 2.05) is 13.8 Å². The van der Waals surface area contributed by atoms with Gasteiger partial charge in [0.15, 0.2) is 6.57 Å². The van der Waals surface area contributed by atoms with E-state index in [2.05, 4.69) is 9.97 Å². The Morgan fingerprint density at radius 3 is 2.79 bits per heavy atom. The molecule has 0 saturated heterocycles. The Morgan fingerprint density at radius 1 is 1.29 bits per heavy atom. The van der Waals surface area contributed by atoms with Crippen LogP contribution in [0.1, 0.15) is 16.8 Å². The van der Waals surface area contributed by atoms with Crippen LogP contribution in [0.25, 0.3) is 11.0 Å². The van der Waals surface area contributed by atoms with Gasteiger partial charge in [-0.05, 0) is 26.0 Å². The molecule has 3 rings (SSSR count). The van der Waals surface area contributed by atoms with Gasteiger partial charge < -0.3 is 14.5 Å². The first-order valence-electron chi connectivity index (χ1n) is 7.84. The van der Waals surface area contributed by atoms with E-state index in [-0.39, 0.29) is 10.9 Å². The first-order chi connectivity index (χ1) is 12.0. The van der Waals surface area contributed by atoms with Gasteiger partial charge in [0, 0.05) is 23.4 Å². The van der Waals surface area contributed by atoms with Crippen molar-refractivity contribution in [2.45, 2.75) is 24.8 Å². The van der Waals surface area contributed by atoms with Gasteiger partial charge in [-0.15, -0.1) is 0 Å². The van der Waals surface area contributed by atoms with Crippen molar-refractivity contribution in [3.8, 4) is 11.5 Å². The number of aromatic amines is 1. The molecule has 0 spiro atoms. The molecule has 0 aliphatic heterocycles. The maximum atomic E-state index is 12.8. The number of hydrogen-bond acceptors (Lipinski definition) is 5. The smallest absolute Gasteiger partial charge is 0.197 e. The van der Waals surface area contributed by atoms with Crippen molar-refractivity contribution in [3.63, 3.8) is 0 Å². The molecule has 0 amide bonds. The highest BCUT2D eigenvalue weighted by Crippen LogP contribution is 2.26. The highest BCUT2D eigenvalue weighted by molar-refractivity contribution is 7.84. The molecule has 1 atom stereocenters. The molecule has 1 unspecified atom stereocenters. The van der Waals surface area contributed by atoms with Crippen LogP contribution in [0.15, 0.2) is 29.6 Å². The number of methoxy groups -OCH3 is 2. The van der Waals surface area contributed by atoms with E-state index >= 15 is 0 Å². The maximum Gasteiger partial charge on any atom is 0.197 e. The van der Waals surface area contributed by atoms with Crippen molar-refractivity contribution >= 4 is 21.8 Å². The number of hydrogen-bond donors (Lipinski definition) is 1. The molecule has 0 bridgehead atoms. The molecular formula is C17H19N3O3S. The molecule has 3 aromatic rings. The number of fused-ring (bicyclic) bond motifs is 1. The molecule has 7 heteroatoms. The lowest BCUT2D eigenvalue weighted by atomic mass is 10.1. The second-order valence-corrected chi connectivity index (χ2v) is 6.74. The monoisotopic (exact) mass is 346 g/mol. The summed E-state index contributed by atoms with van der Waals surface area (Å²) in [6, 6.07) is 5.20. The largest absolute Gasteiger partial charge is 0.497 e. The van der Waals surface area contributed by atoms with Gasteiger partial charge in [-0.1, -0.05) is 0 Å². The zero-order valence-corrected chi connectivity index (χ0v) is 14.8. The Bertz CT molecular complexity index is 971. The molecule has 126 valence electrons. The lowest BCUT2D eigenvalue weighted by Crippen LogP contribution is -2.05. The molecule has 0 radical (unpaired) electrons. The first-order valence-corrected chi connectivity index (χ1v) is 8.71. The highest BCUT2D eigenvalue weighted by Gasteiger charge is 2.16. The Labute approximate surface area is 144 Å².